The van der Waals surface area contributed by atoms with E-state index >= 15 is 0 Å². The first-order valence-corrected chi connectivity index (χ1v) is 10.9. The van der Waals surface area contributed by atoms with Crippen LogP contribution in [0.15, 0.2) is 48.5 Å². The van der Waals surface area contributed by atoms with Gasteiger partial charge in [-0.3, -0.25) is 4.79 Å². The van der Waals surface area contributed by atoms with Gasteiger partial charge in [0.05, 0.1) is 11.7 Å². The van der Waals surface area contributed by atoms with Crippen molar-refractivity contribution in [1.82, 2.24) is 4.31 Å². The van der Waals surface area contributed by atoms with E-state index in [0.29, 0.717) is 19.4 Å². The number of carbonyl (C=O) groups is 1. The van der Waals surface area contributed by atoms with E-state index in [-0.39, 0.29) is 24.1 Å². The van der Waals surface area contributed by atoms with Crippen LogP contribution in [0.2, 0.25) is 0 Å². The molecule has 0 spiro atoms. The Bertz CT molecular complexity index is 910. The van der Waals surface area contributed by atoms with Crippen molar-refractivity contribution in [2.75, 3.05) is 18.4 Å². The largest absolute Gasteiger partial charge is 0.326 e. The molecule has 2 aromatic rings. The predicted octanol–water partition coefficient (Wildman–Crippen LogP) is 3.48. The highest BCUT2D eigenvalue weighted by Crippen LogP contribution is 2.23. The van der Waals surface area contributed by atoms with Gasteiger partial charge in [-0.2, -0.15) is 0 Å². The Morgan fingerprint density at radius 1 is 1.11 bits per heavy atom. The summed E-state index contributed by atoms with van der Waals surface area (Å²) in [5.41, 5.74) is 3.80. The molecule has 1 heterocycles. The maximum atomic E-state index is 12.8. The number of hydrogen-bond acceptors (Lipinski definition) is 3. The Kier molecular flexibility index (Phi) is 5.97. The van der Waals surface area contributed by atoms with Crippen LogP contribution in [0.25, 0.3) is 0 Å². The van der Waals surface area contributed by atoms with E-state index in [1.165, 1.54) is 9.87 Å². The molecule has 1 aliphatic heterocycles. The van der Waals surface area contributed by atoms with Crippen molar-refractivity contribution >= 4 is 21.6 Å². The highest BCUT2D eigenvalue weighted by atomic mass is 32.2. The molecule has 5 nitrogen and oxygen atoms in total. The van der Waals surface area contributed by atoms with Gasteiger partial charge in [0, 0.05) is 18.8 Å². The minimum absolute atomic E-state index is 0.0284. The molecule has 2 aromatic carbocycles. The molecule has 0 aliphatic carbocycles. The molecule has 0 radical (unpaired) electrons. The van der Waals surface area contributed by atoms with Crippen LogP contribution in [0.3, 0.4) is 0 Å². The molecule has 0 bridgehead atoms. The van der Waals surface area contributed by atoms with Crippen LogP contribution < -0.4 is 5.32 Å². The molecular weight excluding hydrogens is 360 g/mol. The van der Waals surface area contributed by atoms with Crippen LogP contribution in [0.1, 0.15) is 29.5 Å². The molecule has 144 valence electrons. The lowest BCUT2D eigenvalue weighted by Gasteiger charge is -2.31. The second-order valence-electron chi connectivity index (χ2n) is 7.23. The van der Waals surface area contributed by atoms with Crippen molar-refractivity contribution in [3.8, 4) is 0 Å². The predicted molar refractivity (Wildman–Crippen MR) is 108 cm³/mol. The molecule has 1 aliphatic rings. The molecule has 1 fully saturated rings. The number of nitrogens with zero attached hydrogens (tertiary/aromatic N) is 1. The molecule has 1 N–H and O–H groups in total. The minimum Gasteiger partial charge on any atom is -0.326 e. The van der Waals surface area contributed by atoms with Crippen LogP contribution in [-0.4, -0.2) is 31.7 Å². The van der Waals surface area contributed by atoms with E-state index in [4.69, 9.17) is 0 Å². The summed E-state index contributed by atoms with van der Waals surface area (Å²) < 4.78 is 27.0. The van der Waals surface area contributed by atoms with Gasteiger partial charge in [0.25, 0.3) is 0 Å². The first-order chi connectivity index (χ1) is 12.8. The molecule has 1 saturated heterocycles. The molecule has 27 heavy (non-hydrogen) atoms. The molecule has 1 atom stereocenters. The minimum atomic E-state index is -3.43. The number of aryl methyl sites for hydroxylation is 2. The van der Waals surface area contributed by atoms with Crippen LogP contribution >= 0.6 is 0 Å². The fourth-order valence-electron chi connectivity index (χ4n) is 3.35. The Labute approximate surface area is 161 Å². The van der Waals surface area contributed by atoms with Gasteiger partial charge in [-0.15, -0.1) is 0 Å². The Hall–Kier alpha value is -2.18. The highest BCUT2D eigenvalue weighted by Gasteiger charge is 2.32. The second kappa shape index (κ2) is 8.23. The zero-order chi connectivity index (χ0) is 19.4. The number of hydrogen-bond donors (Lipinski definition) is 1. The van der Waals surface area contributed by atoms with Gasteiger partial charge in [-0.1, -0.05) is 36.4 Å². The van der Waals surface area contributed by atoms with Gasteiger partial charge in [-0.25, -0.2) is 12.7 Å². The molecule has 3 rings (SSSR count). The average Bonchev–Trinajstić information content (AvgIpc) is 2.65. The third-order valence-electron chi connectivity index (χ3n) is 5.11. The van der Waals surface area contributed by atoms with Crippen molar-refractivity contribution < 1.29 is 13.2 Å². The van der Waals surface area contributed by atoms with Crippen molar-refractivity contribution in [1.29, 1.82) is 0 Å². The molecule has 1 amide bonds. The first-order valence-electron chi connectivity index (χ1n) is 9.25. The van der Waals surface area contributed by atoms with Crippen molar-refractivity contribution in [3.05, 3.63) is 65.2 Å². The average molecular weight is 387 g/mol. The van der Waals surface area contributed by atoms with Crippen LogP contribution in [0.5, 0.6) is 0 Å². The number of sulfonamides is 1. The standard InChI is InChI=1S/C21H26N2O3S/c1-16-10-11-20(13-17(16)2)22-21(24)19-9-6-12-23(14-19)27(25,26)15-18-7-4-3-5-8-18/h3-5,7-8,10-11,13,19H,6,9,12,14-15H2,1-2H3,(H,22,24)/t19-/m1/s1. The summed E-state index contributed by atoms with van der Waals surface area (Å²) in [5.74, 6) is -0.469. The van der Waals surface area contributed by atoms with E-state index in [9.17, 15) is 13.2 Å². The Morgan fingerprint density at radius 3 is 2.56 bits per heavy atom. The third-order valence-corrected chi connectivity index (χ3v) is 6.93. The topological polar surface area (TPSA) is 66.5 Å². The number of piperidine rings is 1. The quantitative estimate of drug-likeness (QED) is 0.855. The lowest BCUT2D eigenvalue weighted by atomic mass is 9.98. The van der Waals surface area contributed by atoms with Gasteiger partial charge >= 0.3 is 0 Å². The SMILES string of the molecule is Cc1ccc(NC(=O)[C@@H]2CCCN(S(=O)(=O)Cc3ccccc3)C2)cc1C. The second-order valence-corrected chi connectivity index (χ2v) is 9.20. The maximum Gasteiger partial charge on any atom is 0.228 e. The number of amides is 1. The third kappa shape index (κ3) is 4.96. The van der Waals surface area contributed by atoms with E-state index in [2.05, 4.69) is 5.32 Å². The summed E-state index contributed by atoms with van der Waals surface area (Å²) >= 11 is 0. The van der Waals surface area contributed by atoms with Gasteiger partial charge in [0.1, 0.15) is 0 Å². The van der Waals surface area contributed by atoms with E-state index < -0.39 is 10.0 Å². The number of rotatable bonds is 5. The summed E-state index contributed by atoms with van der Waals surface area (Å²) in [6.07, 6.45) is 1.40. The van der Waals surface area contributed by atoms with Crippen molar-refractivity contribution in [2.24, 2.45) is 5.92 Å². The number of anilines is 1. The fourth-order valence-corrected chi connectivity index (χ4v) is 4.96. The van der Waals surface area contributed by atoms with Crippen LogP contribution in [0.4, 0.5) is 5.69 Å². The molecule has 0 saturated carbocycles. The van der Waals surface area contributed by atoms with Gasteiger partial charge in [-0.05, 0) is 55.5 Å². The summed E-state index contributed by atoms with van der Waals surface area (Å²) in [6, 6.07) is 15.0. The van der Waals surface area contributed by atoms with E-state index in [1.807, 2.05) is 62.4 Å². The zero-order valence-electron chi connectivity index (χ0n) is 15.8. The van der Waals surface area contributed by atoms with Gasteiger partial charge in [0.2, 0.25) is 15.9 Å². The summed E-state index contributed by atoms with van der Waals surface area (Å²) in [5, 5.41) is 2.94. The van der Waals surface area contributed by atoms with Crippen molar-refractivity contribution in [3.63, 3.8) is 0 Å². The zero-order valence-corrected chi connectivity index (χ0v) is 16.6. The Balaban J connectivity index is 1.66. The lowest BCUT2D eigenvalue weighted by molar-refractivity contribution is -0.120. The molecular formula is C21H26N2O3S. The Morgan fingerprint density at radius 2 is 1.85 bits per heavy atom. The normalized spacial score (nSPS) is 18.2. The lowest BCUT2D eigenvalue weighted by Crippen LogP contribution is -2.44. The fraction of sp³-hybridized carbons (Fsp3) is 0.381. The summed E-state index contributed by atoms with van der Waals surface area (Å²) in [6.45, 7) is 4.75. The van der Waals surface area contributed by atoms with Crippen molar-refractivity contribution in [2.45, 2.75) is 32.4 Å². The van der Waals surface area contributed by atoms with E-state index in [0.717, 1.165) is 16.8 Å². The van der Waals surface area contributed by atoms with E-state index in [1.54, 1.807) is 0 Å². The summed E-state index contributed by atoms with van der Waals surface area (Å²) in [7, 11) is -3.43. The monoisotopic (exact) mass is 386 g/mol. The highest BCUT2D eigenvalue weighted by molar-refractivity contribution is 7.88. The number of nitrogens with one attached hydrogen (secondary N) is 1. The van der Waals surface area contributed by atoms with Crippen LogP contribution in [-0.2, 0) is 20.6 Å². The molecule has 0 aromatic heterocycles. The smallest absolute Gasteiger partial charge is 0.228 e. The molecule has 0 unspecified atom stereocenters. The molecule has 6 heteroatoms. The number of benzene rings is 2. The maximum absolute atomic E-state index is 12.8. The van der Waals surface area contributed by atoms with Crippen LogP contribution in [0, 0.1) is 19.8 Å². The first kappa shape index (κ1) is 19.6. The number of carbonyl (C=O) groups excluding carboxylic acids is 1. The van der Waals surface area contributed by atoms with Gasteiger partial charge in [0.15, 0.2) is 0 Å². The van der Waals surface area contributed by atoms with Gasteiger partial charge < -0.3 is 5.32 Å². The summed E-state index contributed by atoms with van der Waals surface area (Å²) in [4.78, 5) is 12.7.